The van der Waals surface area contributed by atoms with E-state index in [-0.39, 0.29) is 18.0 Å². The maximum absolute atomic E-state index is 12.9. The second-order valence-corrected chi connectivity index (χ2v) is 6.81. The van der Waals surface area contributed by atoms with Gasteiger partial charge in [-0.25, -0.2) is 0 Å². The zero-order valence-electron chi connectivity index (χ0n) is 14.9. The molecular formula is C23H17NO4. The highest BCUT2D eigenvalue weighted by molar-refractivity contribution is 6.28. The molecule has 0 radical (unpaired) electrons. The van der Waals surface area contributed by atoms with Crippen molar-refractivity contribution in [1.82, 2.24) is 0 Å². The van der Waals surface area contributed by atoms with Crippen molar-refractivity contribution in [2.45, 2.75) is 12.5 Å². The fourth-order valence-corrected chi connectivity index (χ4v) is 3.50. The van der Waals surface area contributed by atoms with Gasteiger partial charge >= 0.3 is 5.97 Å². The number of carbonyl (C=O) groups is 3. The third-order valence-corrected chi connectivity index (χ3v) is 4.96. The van der Waals surface area contributed by atoms with Crippen LogP contribution in [-0.2, 0) is 11.2 Å². The summed E-state index contributed by atoms with van der Waals surface area (Å²) in [5, 5.41) is 9.00. The monoisotopic (exact) mass is 371 g/mol. The molecule has 0 aromatic heterocycles. The van der Waals surface area contributed by atoms with Crippen molar-refractivity contribution in [3.05, 3.63) is 94.5 Å². The average molecular weight is 371 g/mol. The Bertz CT molecular complexity index is 1130. The molecule has 0 saturated heterocycles. The van der Waals surface area contributed by atoms with E-state index in [9.17, 15) is 14.4 Å². The van der Waals surface area contributed by atoms with Crippen molar-refractivity contribution in [1.29, 1.82) is 0 Å². The molecule has 138 valence electrons. The van der Waals surface area contributed by atoms with Crippen LogP contribution in [0.15, 0.2) is 66.7 Å². The van der Waals surface area contributed by atoms with Crippen molar-refractivity contribution in [2.24, 2.45) is 5.73 Å². The summed E-state index contributed by atoms with van der Waals surface area (Å²) in [6, 6.07) is 18.4. The Kier molecular flexibility index (Phi) is 4.37. The summed E-state index contributed by atoms with van der Waals surface area (Å²) >= 11 is 0. The maximum atomic E-state index is 12.9. The van der Waals surface area contributed by atoms with Crippen molar-refractivity contribution in [3.8, 4) is 11.1 Å². The van der Waals surface area contributed by atoms with E-state index >= 15 is 0 Å². The largest absolute Gasteiger partial charge is 0.480 e. The molecule has 5 nitrogen and oxygen atoms in total. The predicted molar refractivity (Wildman–Crippen MR) is 105 cm³/mol. The van der Waals surface area contributed by atoms with Crippen molar-refractivity contribution in [3.63, 3.8) is 0 Å². The van der Waals surface area contributed by atoms with Gasteiger partial charge in [-0.3, -0.25) is 14.4 Å². The molecule has 0 aliphatic heterocycles. The molecule has 28 heavy (non-hydrogen) atoms. The van der Waals surface area contributed by atoms with Crippen LogP contribution in [0.1, 0.15) is 37.4 Å². The van der Waals surface area contributed by atoms with Gasteiger partial charge in [0.2, 0.25) is 0 Å². The SMILES string of the molecule is N[C@@H](Cc1cccc(-c2ccc3c(c2)C(=O)c2ccccc2C3=O)c1)C(=O)O. The molecule has 5 heteroatoms. The van der Waals surface area contributed by atoms with Crippen molar-refractivity contribution < 1.29 is 19.5 Å². The molecule has 1 atom stereocenters. The van der Waals surface area contributed by atoms with Gasteiger partial charge in [-0.2, -0.15) is 0 Å². The lowest BCUT2D eigenvalue weighted by atomic mass is 9.82. The number of fused-ring (bicyclic) bond motifs is 2. The molecule has 0 spiro atoms. The van der Waals surface area contributed by atoms with E-state index in [1.807, 2.05) is 24.3 Å². The molecule has 4 rings (SSSR count). The number of hydrogen-bond acceptors (Lipinski definition) is 4. The second-order valence-electron chi connectivity index (χ2n) is 6.81. The molecular weight excluding hydrogens is 354 g/mol. The van der Waals surface area contributed by atoms with Gasteiger partial charge in [0.15, 0.2) is 11.6 Å². The number of hydrogen-bond donors (Lipinski definition) is 2. The molecule has 1 aliphatic carbocycles. The zero-order chi connectivity index (χ0) is 19.8. The number of rotatable bonds is 4. The van der Waals surface area contributed by atoms with Crippen molar-refractivity contribution in [2.75, 3.05) is 0 Å². The van der Waals surface area contributed by atoms with Crippen LogP contribution in [0.25, 0.3) is 11.1 Å². The minimum atomic E-state index is -1.05. The quantitative estimate of drug-likeness (QED) is 0.574. The first-order valence-electron chi connectivity index (χ1n) is 8.86. The average Bonchev–Trinajstić information content (AvgIpc) is 2.71. The Morgan fingerprint density at radius 1 is 0.786 bits per heavy atom. The number of nitrogens with two attached hydrogens (primary N) is 1. The van der Waals surface area contributed by atoms with Gasteiger partial charge in [0.05, 0.1) is 0 Å². The maximum Gasteiger partial charge on any atom is 0.320 e. The topological polar surface area (TPSA) is 97.5 Å². The van der Waals surface area contributed by atoms with Gasteiger partial charge < -0.3 is 10.8 Å². The molecule has 0 unspecified atom stereocenters. The van der Waals surface area contributed by atoms with Crippen molar-refractivity contribution >= 4 is 17.5 Å². The molecule has 0 bridgehead atoms. The third-order valence-electron chi connectivity index (χ3n) is 4.96. The highest BCUT2D eigenvalue weighted by atomic mass is 16.4. The van der Waals surface area contributed by atoms with Crippen LogP contribution >= 0.6 is 0 Å². The number of benzene rings is 3. The first-order valence-corrected chi connectivity index (χ1v) is 8.86. The Labute approximate surface area is 161 Å². The van der Waals surface area contributed by atoms with E-state index in [1.54, 1.807) is 42.5 Å². The Hall–Kier alpha value is -3.57. The van der Waals surface area contributed by atoms with Crippen LogP contribution in [0.3, 0.4) is 0 Å². The summed E-state index contributed by atoms with van der Waals surface area (Å²) in [7, 11) is 0. The van der Waals surface area contributed by atoms with E-state index in [0.717, 1.165) is 16.7 Å². The molecule has 3 N–H and O–H groups in total. The van der Waals surface area contributed by atoms with Crippen LogP contribution in [-0.4, -0.2) is 28.7 Å². The standard InChI is InChI=1S/C23H17NO4/c24-20(23(27)28)11-13-4-3-5-14(10-13)15-8-9-18-19(12-15)22(26)17-7-2-1-6-16(17)21(18)25/h1-10,12,20H,11,24H2,(H,27,28)/t20-/m0/s1. The van der Waals surface area contributed by atoms with Gasteiger partial charge in [-0.05, 0) is 35.2 Å². The first-order chi connectivity index (χ1) is 13.5. The van der Waals surface area contributed by atoms with Crippen LogP contribution in [0, 0.1) is 0 Å². The van der Waals surface area contributed by atoms with E-state index in [2.05, 4.69) is 0 Å². The summed E-state index contributed by atoms with van der Waals surface area (Å²) in [6.07, 6.45) is 0.207. The lowest BCUT2D eigenvalue weighted by molar-refractivity contribution is -0.138. The summed E-state index contributed by atoms with van der Waals surface area (Å²) < 4.78 is 0. The normalized spacial score (nSPS) is 13.6. The van der Waals surface area contributed by atoms with E-state index in [0.29, 0.717) is 22.3 Å². The minimum Gasteiger partial charge on any atom is -0.480 e. The lowest BCUT2D eigenvalue weighted by Crippen LogP contribution is -2.32. The molecule has 0 amide bonds. The van der Waals surface area contributed by atoms with E-state index in [4.69, 9.17) is 10.8 Å². The molecule has 0 heterocycles. The number of carboxylic acid groups (broad SMARTS) is 1. The van der Waals surface area contributed by atoms with Crippen LogP contribution in [0.4, 0.5) is 0 Å². The zero-order valence-corrected chi connectivity index (χ0v) is 14.9. The van der Waals surface area contributed by atoms with Gasteiger partial charge in [-0.1, -0.05) is 54.6 Å². The molecule has 0 fully saturated rings. The van der Waals surface area contributed by atoms with Gasteiger partial charge in [0.25, 0.3) is 0 Å². The highest BCUT2D eigenvalue weighted by Crippen LogP contribution is 2.31. The minimum absolute atomic E-state index is 0.155. The fraction of sp³-hybridized carbons (Fsp3) is 0.0870. The second kappa shape index (κ2) is 6.87. The Morgan fingerprint density at radius 2 is 1.39 bits per heavy atom. The van der Waals surface area contributed by atoms with Gasteiger partial charge in [-0.15, -0.1) is 0 Å². The Balaban J connectivity index is 1.73. The van der Waals surface area contributed by atoms with E-state index < -0.39 is 12.0 Å². The number of carboxylic acids is 1. The Morgan fingerprint density at radius 3 is 2.07 bits per heavy atom. The summed E-state index contributed by atoms with van der Waals surface area (Å²) in [5.74, 6) is -1.38. The number of aliphatic carboxylic acids is 1. The summed E-state index contributed by atoms with van der Waals surface area (Å²) in [4.78, 5) is 36.6. The highest BCUT2D eigenvalue weighted by Gasteiger charge is 2.29. The lowest BCUT2D eigenvalue weighted by Gasteiger charge is -2.18. The van der Waals surface area contributed by atoms with Crippen LogP contribution in [0.5, 0.6) is 0 Å². The smallest absolute Gasteiger partial charge is 0.320 e. The first kappa shape index (κ1) is 17.8. The molecule has 3 aromatic rings. The van der Waals surface area contributed by atoms with E-state index in [1.165, 1.54) is 0 Å². The third kappa shape index (κ3) is 3.02. The van der Waals surface area contributed by atoms with Gasteiger partial charge in [0, 0.05) is 22.3 Å². The molecule has 1 aliphatic rings. The number of carbonyl (C=O) groups excluding carboxylic acids is 2. The number of ketones is 2. The molecule has 0 saturated carbocycles. The van der Waals surface area contributed by atoms with Crippen LogP contribution < -0.4 is 5.73 Å². The van der Waals surface area contributed by atoms with Gasteiger partial charge in [0.1, 0.15) is 6.04 Å². The fourth-order valence-electron chi connectivity index (χ4n) is 3.50. The summed E-state index contributed by atoms with van der Waals surface area (Å²) in [5.41, 5.74) is 9.65. The van der Waals surface area contributed by atoms with Crippen LogP contribution in [0.2, 0.25) is 0 Å². The molecule has 3 aromatic carbocycles. The summed E-state index contributed by atoms with van der Waals surface area (Å²) in [6.45, 7) is 0. The predicted octanol–water partition coefficient (Wildman–Crippen LogP) is 3.08.